The third kappa shape index (κ3) is 4.49. The van der Waals surface area contributed by atoms with E-state index in [0.29, 0.717) is 22.8 Å². The fourth-order valence-electron chi connectivity index (χ4n) is 4.30. The number of carbonyl (C=O) groups is 1. The molecule has 6 heteroatoms. The quantitative estimate of drug-likeness (QED) is 0.266. The molecule has 0 fully saturated rings. The van der Waals surface area contributed by atoms with Gasteiger partial charge in [0.05, 0.1) is 33.7 Å². The van der Waals surface area contributed by atoms with Crippen LogP contribution < -0.4 is 5.73 Å². The molecule has 0 unspecified atom stereocenters. The molecule has 0 aliphatic carbocycles. The van der Waals surface area contributed by atoms with Crippen molar-refractivity contribution in [2.75, 3.05) is 5.73 Å². The first-order valence-electron chi connectivity index (χ1n) is 12.0. The number of aliphatic carboxylic acids is 1. The minimum Gasteiger partial charge on any atom is -0.481 e. The maximum absolute atomic E-state index is 11.6. The Labute approximate surface area is 215 Å². The summed E-state index contributed by atoms with van der Waals surface area (Å²) >= 11 is 0. The molecule has 0 saturated carbocycles. The molecule has 0 saturated heterocycles. The molecular formula is C31H27N3O3. The predicted octanol–water partition coefficient (Wildman–Crippen LogP) is 6.99. The zero-order valence-electron chi connectivity index (χ0n) is 20.9. The van der Waals surface area contributed by atoms with E-state index >= 15 is 0 Å². The van der Waals surface area contributed by atoms with Crippen molar-refractivity contribution in [3.8, 4) is 45.0 Å². The molecule has 2 heterocycles. The van der Waals surface area contributed by atoms with Gasteiger partial charge in [-0.05, 0) is 49.6 Å². The van der Waals surface area contributed by atoms with Crippen molar-refractivity contribution >= 4 is 11.7 Å². The highest BCUT2D eigenvalue weighted by Gasteiger charge is 2.29. The van der Waals surface area contributed by atoms with E-state index in [1.807, 2.05) is 97.9 Å². The van der Waals surface area contributed by atoms with Crippen LogP contribution in [0.5, 0.6) is 0 Å². The first-order valence-corrected chi connectivity index (χ1v) is 12.0. The first-order chi connectivity index (χ1) is 17.8. The molecule has 37 heavy (non-hydrogen) atoms. The molecule has 5 aromatic rings. The van der Waals surface area contributed by atoms with Crippen LogP contribution in [0.4, 0.5) is 5.69 Å². The average molecular weight is 490 g/mol. The van der Waals surface area contributed by atoms with E-state index in [0.717, 1.165) is 39.1 Å². The summed E-state index contributed by atoms with van der Waals surface area (Å²) in [6.07, 6.45) is 0. The maximum Gasteiger partial charge on any atom is 0.313 e. The average Bonchev–Trinajstić information content (AvgIpc) is 3.30. The van der Waals surface area contributed by atoms with E-state index in [1.165, 1.54) is 0 Å². The molecular weight excluding hydrogens is 462 g/mol. The highest BCUT2D eigenvalue weighted by atomic mass is 16.5. The zero-order valence-corrected chi connectivity index (χ0v) is 20.9. The molecule has 0 atom stereocenters. The van der Waals surface area contributed by atoms with Crippen LogP contribution in [0.3, 0.4) is 0 Å². The Hall–Kier alpha value is -4.71. The van der Waals surface area contributed by atoms with Gasteiger partial charge in [-0.1, -0.05) is 84.0 Å². The minimum absolute atomic E-state index is 0.549. The Balaban J connectivity index is 1.49. The summed E-state index contributed by atoms with van der Waals surface area (Å²) in [6, 6.07) is 29.3. The number of benzene rings is 3. The number of anilines is 1. The second-order valence-electron chi connectivity index (χ2n) is 9.56. The Morgan fingerprint density at radius 1 is 0.811 bits per heavy atom. The van der Waals surface area contributed by atoms with E-state index in [2.05, 4.69) is 5.16 Å². The number of carboxylic acids is 1. The summed E-state index contributed by atoms with van der Waals surface area (Å²) in [5.74, 6) is -0.251. The van der Waals surface area contributed by atoms with Gasteiger partial charge >= 0.3 is 5.97 Å². The number of hydrogen-bond acceptors (Lipinski definition) is 5. The van der Waals surface area contributed by atoms with Gasteiger partial charge in [0.2, 0.25) is 0 Å². The lowest BCUT2D eigenvalue weighted by atomic mass is 9.84. The molecule has 0 amide bonds. The van der Waals surface area contributed by atoms with Crippen LogP contribution in [0.2, 0.25) is 0 Å². The maximum atomic E-state index is 11.6. The molecule has 0 bridgehead atoms. The van der Waals surface area contributed by atoms with Crippen LogP contribution in [0.25, 0.3) is 45.0 Å². The summed E-state index contributed by atoms with van der Waals surface area (Å²) in [6.45, 7) is 5.29. The lowest BCUT2D eigenvalue weighted by Crippen LogP contribution is -2.28. The van der Waals surface area contributed by atoms with Gasteiger partial charge in [0, 0.05) is 11.1 Å². The van der Waals surface area contributed by atoms with E-state index in [-0.39, 0.29) is 0 Å². The van der Waals surface area contributed by atoms with Gasteiger partial charge in [0.1, 0.15) is 0 Å². The molecule has 0 aliphatic rings. The van der Waals surface area contributed by atoms with E-state index in [9.17, 15) is 9.90 Å². The zero-order chi connectivity index (χ0) is 26.2. The molecule has 184 valence electrons. The fourth-order valence-corrected chi connectivity index (χ4v) is 4.30. The van der Waals surface area contributed by atoms with Crippen LogP contribution in [-0.4, -0.2) is 21.2 Å². The number of nitrogens with zero attached hydrogens (tertiary/aromatic N) is 2. The standard InChI is InChI=1S/C31H27N3O3/c1-19-27(28-25(32)17-18-26(33-28)22-7-5-4-6-8-22)29(37-34-19)23-11-9-20(10-12-23)21-13-15-24(16-14-21)31(2,3)30(35)36/h4-18H,32H2,1-3H3,(H,35,36). The van der Waals surface area contributed by atoms with Crippen molar-refractivity contribution in [1.29, 1.82) is 0 Å². The van der Waals surface area contributed by atoms with Crippen LogP contribution in [-0.2, 0) is 10.2 Å². The number of aromatic nitrogens is 2. The number of aryl methyl sites for hydroxylation is 1. The van der Waals surface area contributed by atoms with E-state index in [4.69, 9.17) is 15.2 Å². The van der Waals surface area contributed by atoms with Crippen LogP contribution in [0, 0.1) is 6.92 Å². The van der Waals surface area contributed by atoms with Gasteiger partial charge in [-0.25, -0.2) is 4.98 Å². The lowest BCUT2D eigenvalue weighted by Gasteiger charge is -2.19. The van der Waals surface area contributed by atoms with Gasteiger partial charge in [0.15, 0.2) is 5.76 Å². The second-order valence-corrected chi connectivity index (χ2v) is 9.56. The monoisotopic (exact) mass is 489 g/mol. The largest absolute Gasteiger partial charge is 0.481 e. The van der Waals surface area contributed by atoms with Crippen molar-refractivity contribution in [3.63, 3.8) is 0 Å². The lowest BCUT2D eigenvalue weighted by molar-refractivity contribution is -0.142. The Bertz CT molecular complexity index is 1570. The highest BCUT2D eigenvalue weighted by molar-refractivity contribution is 5.87. The van der Waals surface area contributed by atoms with Crippen LogP contribution in [0.15, 0.2) is 95.5 Å². The predicted molar refractivity (Wildman–Crippen MR) is 146 cm³/mol. The summed E-state index contributed by atoms with van der Waals surface area (Å²) in [4.78, 5) is 16.4. The summed E-state index contributed by atoms with van der Waals surface area (Å²) < 4.78 is 5.76. The van der Waals surface area contributed by atoms with Gasteiger partial charge in [-0.15, -0.1) is 0 Å². The highest BCUT2D eigenvalue weighted by Crippen LogP contribution is 2.38. The smallest absolute Gasteiger partial charge is 0.313 e. The van der Waals surface area contributed by atoms with Gasteiger partial charge < -0.3 is 15.4 Å². The number of nitrogen functional groups attached to an aromatic ring is 1. The fraction of sp³-hybridized carbons (Fsp3) is 0.129. The molecule has 3 aromatic carbocycles. The van der Waals surface area contributed by atoms with Crippen molar-refractivity contribution < 1.29 is 14.4 Å². The molecule has 5 rings (SSSR count). The molecule has 2 aromatic heterocycles. The topological polar surface area (TPSA) is 102 Å². The normalized spacial score (nSPS) is 11.4. The molecule has 0 spiro atoms. The Morgan fingerprint density at radius 3 is 2.03 bits per heavy atom. The summed E-state index contributed by atoms with van der Waals surface area (Å²) in [7, 11) is 0. The van der Waals surface area contributed by atoms with Gasteiger partial charge in [0.25, 0.3) is 0 Å². The molecule has 0 aliphatic heterocycles. The first kappa shape index (κ1) is 24.0. The van der Waals surface area contributed by atoms with Crippen molar-refractivity contribution in [2.24, 2.45) is 0 Å². The number of hydrogen-bond donors (Lipinski definition) is 2. The number of carboxylic acid groups (broad SMARTS) is 1. The summed E-state index contributed by atoms with van der Waals surface area (Å²) in [5, 5.41) is 13.7. The van der Waals surface area contributed by atoms with Crippen LogP contribution in [0.1, 0.15) is 25.1 Å². The van der Waals surface area contributed by atoms with E-state index < -0.39 is 11.4 Å². The van der Waals surface area contributed by atoms with Gasteiger partial charge in [-0.3, -0.25) is 4.79 Å². The van der Waals surface area contributed by atoms with Crippen molar-refractivity contribution in [2.45, 2.75) is 26.2 Å². The number of rotatable bonds is 6. The Kier molecular flexibility index (Phi) is 6.09. The van der Waals surface area contributed by atoms with Gasteiger partial charge in [-0.2, -0.15) is 0 Å². The van der Waals surface area contributed by atoms with Crippen molar-refractivity contribution in [1.82, 2.24) is 10.1 Å². The third-order valence-corrected chi connectivity index (χ3v) is 6.72. The molecule has 3 N–H and O–H groups in total. The summed E-state index contributed by atoms with van der Waals surface area (Å²) in [5.41, 5.74) is 13.5. The van der Waals surface area contributed by atoms with Crippen molar-refractivity contribution in [3.05, 3.63) is 102 Å². The molecule has 0 radical (unpaired) electrons. The van der Waals surface area contributed by atoms with E-state index in [1.54, 1.807) is 13.8 Å². The number of nitrogens with two attached hydrogens (primary N) is 1. The second kappa shape index (κ2) is 9.39. The third-order valence-electron chi connectivity index (χ3n) is 6.72. The Morgan fingerprint density at radius 2 is 1.41 bits per heavy atom. The number of pyridine rings is 1. The minimum atomic E-state index is -0.948. The van der Waals surface area contributed by atoms with Crippen LogP contribution >= 0.6 is 0 Å². The molecule has 6 nitrogen and oxygen atoms in total. The SMILES string of the molecule is Cc1noc(-c2ccc(-c3ccc(C(C)(C)C(=O)O)cc3)cc2)c1-c1nc(-c2ccccc2)ccc1N.